The van der Waals surface area contributed by atoms with Gasteiger partial charge >= 0.3 is 6.18 Å². The largest absolute Gasteiger partial charge is 0.433 e. The molecule has 2 aromatic heterocycles. The molecular weight excluding hydrogens is 407 g/mol. The molecule has 0 atom stereocenters. The number of fused-ring (bicyclic) bond motifs is 1. The lowest BCUT2D eigenvalue weighted by atomic mass is 9.89. The topological polar surface area (TPSA) is 101 Å². The number of halogens is 3. The van der Waals surface area contributed by atoms with Crippen LogP contribution in [0.25, 0.3) is 11.0 Å². The Morgan fingerprint density at radius 2 is 1.86 bits per heavy atom. The number of hydrogen-bond donors (Lipinski definition) is 2. The summed E-state index contributed by atoms with van der Waals surface area (Å²) in [6.45, 7) is 4.14. The molecule has 0 aliphatic rings. The van der Waals surface area contributed by atoms with Crippen molar-refractivity contribution >= 4 is 26.8 Å². The van der Waals surface area contributed by atoms with E-state index in [2.05, 4.69) is 25.3 Å². The third kappa shape index (κ3) is 5.22. The minimum atomic E-state index is -4.53. The monoisotopic (exact) mass is 427 g/mol. The predicted octanol–water partition coefficient (Wildman–Crippen LogP) is 3.46. The van der Waals surface area contributed by atoms with Crippen molar-refractivity contribution in [2.45, 2.75) is 31.3 Å². The Hall–Kier alpha value is -2.69. The van der Waals surface area contributed by atoms with Crippen LogP contribution >= 0.6 is 0 Å². The summed E-state index contributed by atoms with van der Waals surface area (Å²) in [6, 6.07) is 5.48. The molecule has 0 bridgehead atoms. The summed E-state index contributed by atoms with van der Waals surface area (Å²) in [4.78, 5) is 15.1. The van der Waals surface area contributed by atoms with Gasteiger partial charge in [0.05, 0.1) is 15.9 Å². The van der Waals surface area contributed by atoms with Crippen LogP contribution in [0.5, 0.6) is 0 Å². The summed E-state index contributed by atoms with van der Waals surface area (Å²) in [7, 11) is -3.33. The second-order valence-corrected chi connectivity index (χ2v) is 9.61. The minimum absolute atomic E-state index is 0.102. The van der Waals surface area contributed by atoms with E-state index in [1.54, 1.807) is 6.07 Å². The van der Waals surface area contributed by atoms with E-state index in [1.165, 1.54) is 12.1 Å². The summed E-state index contributed by atoms with van der Waals surface area (Å²) in [6.07, 6.45) is -1.87. The Balaban J connectivity index is 1.72. The van der Waals surface area contributed by atoms with Crippen molar-refractivity contribution < 1.29 is 21.6 Å². The van der Waals surface area contributed by atoms with E-state index in [4.69, 9.17) is 0 Å². The van der Waals surface area contributed by atoms with Gasteiger partial charge in [0.15, 0.2) is 9.84 Å². The van der Waals surface area contributed by atoms with Crippen molar-refractivity contribution in [3.8, 4) is 0 Å². The maximum Gasteiger partial charge on any atom is 0.433 e. The first-order chi connectivity index (χ1) is 13.3. The van der Waals surface area contributed by atoms with Gasteiger partial charge in [0.1, 0.15) is 11.5 Å². The number of nitrogens with zero attached hydrogens (tertiary/aromatic N) is 3. The van der Waals surface area contributed by atoms with Crippen LogP contribution in [0.4, 0.5) is 19.1 Å². The molecule has 7 nitrogen and oxygen atoms in total. The van der Waals surface area contributed by atoms with Crippen LogP contribution in [0.1, 0.15) is 25.4 Å². The van der Waals surface area contributed by atoms with Crippen molar-refractivity contribution in [1.29, 1.82) is 0 Å². The Bertz CT molecular complexity index is 1140. The smallest absolute Gasteiger partial charge is 0.354 e. The van der Waals surface area contributed by atoms with Crippen molar-refractivity contribution in [2.24, 2.45) is 5.41 Å². The fourth-order valence-corrected chi connectivity index (χ4v) is 3.44. The number of sulfone groups is 1. The molecule has 156 valence electrons. The summed E-state index contributed by atoms with van der Waals surface area (Å²) in [5.41, 5.74) is -0.164. The number of imidazole rings is 1. The molecular formula is C18H20F3N5O2S. The number of alkyl halides is 3. The Morgan fingerprint density at radius 1 is 1.14 bits per heavy atom. The molecule has 0 unspecified atom stereocenters. The molecule has 0 amide bonds. The normalized spacial score (nSPS) is 13.0. The predicted molar refractivity (Wildman–Crippen MR) is 102 cm³/mol. The fraction of sp³-hybridized carbons (Fsp3) is 0.389. The molecule has 0 saturated heterocycles. The average Bonchev–Trinajstić information content (AvgIpc) is 2.99. The Morgan fingerprint density at radius 3 is 2.52 bits per heavy atom. The van der Waals surface area contributed by atoms with Gasteiger partial charge in [-0.2, -0.15) is 13.2 Å². The van der Waals surface area contributed by atoms with E-state index in [-0.39, 0.29) is 10.8 Å². The lowest BCUT2D eigenvalue weighted by Crippen LogP contribution is -2.27. The lowest BCUT2D eigenvalue weighted by molar-refractivity contribution is -0.141. The summed E-state index contributed by atoms with van der Waals surface area (Å²) in [5, 5.41) is 2.84. The summed E-state index contributed by atoms with van der Waals surface area (Å²) in [5.74, 6) is 0.540. The summed E-state index contributed by atoms with van der Waals surface area (Å²) >= 11 is 0. The molecule has 0 radical (unpaired) electrons. The quantitative estimate of drug-likeness (QED) is 0.625. The minimum Gasteiger partial charge on any atom is -0.354 e. The standard InChI is InChI=1S/C18H20F3N5O2S/c1-17(2,10-23-16-22-7-6-14(26-16)18(19,20)21)9-15-24-12-5-4-11(29(3,27)28)8-13(12)25-15/h4-8H,9-10H2,1-3H3,(H,24,25)(H,22,23,26). The second kappa shape index (κ2) is 7.29. The third-order valence-electron chi connectivity index (χ3n) is 4.25. The Kier molecular flexibility index (Phi) is 5.28. The highest BCUT2D eigenvalue weighted by Gasteiger charge is 2.33. The molecule has 0 saturated carbocycles. The van der Waals surface area contributed by atoms with Crippen LogP contribution in [0.3, 0.4) is 0 Å². The zero-order valence-corrected chi connectivity index (χ0v) is 16.8. The highest BCUT2D eigenvalue weighted by molar-refractivity contribution is 7.90. The van der Waals surface area contributed by atoms with Crippen LogP contribution in [0.15, 0.2) is 35.4 Å². The number of H-pyrrole nitrogens is 1. The van der Waals surface area contributed by atoms with Crippen LogP contribution in [0.2, 0.25) is 0 Å². The molecule has 0 fully saturated rings. The number of benzene rings is 1. The van der Waals surface area contributed by atoms with Gasteiger partial charge in [0, 0.05) is 25.4 Å². The SMILES string of the molecule is CC(C)(CNc1nccc(C(F)(F)F)n1)Cc1nc2ccc(S(C)(=O)=O)cc2[nH]1. The van der Waals surface area contributed by atoms with Gasteiger partial charge in [0.25, 0.3) is 0 Å². The first kappa shape index (κ1) is 21.0. The molecule has 0 aliphatic carbocycles. The van der Waals surface area contributed by atoms with Gasteiger partial charge in [-0.3, -0.25) is 0 Å². The highest BCUT2D eigenvalue weighted by atomic mass is 32.2. The van der Waals surface area contributed by atoms with Crippen LogP contribution in [0, 0.1) is 5.41 Å². The first-order valence-electron chi connectivity index (χ1n) is 8.66. The molecule has 11 heteroatoms. The van der Waals surface area contributed by atoms with Gasteiger partial charge in [0.2, 0.25) is 5.95 Å². The van der Waals surface area contributed by atoms with E-state index in [9.17, 15) is 21.6 Å². The van der Waals surface area contributed by atoms with Gasteiger partial charge in [-0.1, -0.05) is 13.8 Å². The molecule has 29 heavy (non-hydrogen) atoms. The molecule has 2 N–H and O–H groups in total. The first-order valence-corrected chi connectivity index (χ1v) is 10.6. The highest BCUT2D eigenvalue weighted by Crippen LogP contribution is 2.28. The molecule has 3 rings (SSSR count). The van der Waals surface area contributed by atoms with Crippen LogP contribution in [-0.2, 0) is 22.4 Å². The average molecular weight is 427 g/mol. The van der Waals surface area contributed by atoms with E-state index in [0.29, 0.717) is 29.8 Å². The summed E-state index contributed by atoms with van der Waals surface area (Å²) < 4.78 is 61.7. The second-order valence-electron chi connectivity index (χ2n) is 7.59. The third-order valence-corrected chi connectivity index (χ3v) is 5.36. The number of aromatic amines is 1. The number of anilines is 1. The molecule has 0 aliphatic heterocycles. The van der Waals surface area contributed by atoms with Crippen molar-refractivity contribution in [3.63, 3.8) is 0 Å². The fourth-order valence-electron chi connectivity index (χ4n) is 2.79. The number of rotatable bonds is 6. The maximum atomic E-state index is 12.8. The van der Waals surface area contributed by atoms with E-state index in [1.807, 2.05) is 13.8 Å². The molecule has 0 spiro atoms. The van der Waals surface area contributed by atoms with Crippen LogP contribution in [-0.4, -0.2) is 41.2 Å². The number of hydrogen-bond acceptors (Lipinski definition) is 6. The number of nitrogens with one attached hydrogen (secondary N) is 2. The van der Waals surface area contributed by atoms with Gasteiger partial charge in [-0.15, -0.1) is 0 Å². The Labute approximate surface area is 165 Å². The molecule has 2 heterocycles. The van der Waals surface area contributed by atoms with Crippen molar-refractivity contribution in [1.82, 2.24) is 19.9 Å². The zero-order valence-electron chi connectivity index (χ0n) is 16.0. The van der Waals surface area contributed by atoms with E-state index < -0.39 is 27.1 Å². The van der Waals surface area contributed by atoms with Gasteiger partial charge in [-0.25, -0.2) is 23.4 Å². The zero-order chi connectivity index (χ0) is 21.4. The van der Waals surface area contributed by atoms with Crippen LogP contribution < -0.4 is 5.32 Å². The van der Waals surface area contributed by atoms with Gasteiger partial charge in [-0.05, 0) is 29.7 Å². The van der Waals surface area contributed by atoms with Gasteiger partial charge < -0.3 is 10.3 Å². The maximum absolute atomic E-state index is 12.8. The molecule has 3 aromatic rings. The lowest BCUT2D eigenvalue weighted by Gasteiger charge is -2.24. The van der Waals surface area contributed by atoms with Crippen molar-refractivity contribution in [3.05, 3.63) is 42.0 Å². The number of aromatic nitrogens is 4. The molecule has 1 aromatic carbocycles. The van der Waals surface area contributed by atoms with Crippen molar-refractivity contribution in [2.75, 3.05) is 18.1 Å². The van der Waals surface area contributed by atoms with E-state index >= 15 is 0 Å². The van der Waals surface area contributed by atoms with E-state index in [0.717, 1.165) is 18.5 Å².